The average Bonchev–Trinajstić information content (AvgIpc) is 2.66. The van der Waals surface area contributed by atoms with Gasteiger partial charge in [0.15, 0.2) is 5.03 Å². The second-order valence-electron chi connectivity index (χ2n) is 5.54. The van der Waals surface area contributed by atoms with Crippen molar-refractivity contribution in [2.24, 2.45) is 0 Å². The van der Waals surface area contributed by atoms with Crippen molar-refractivity contribution in [3.05, 3.63) is 87.7 Å². The predicted octanol–water partition coefficient (Wildman–Crippen LogP) is 3.43. The van der Waals surface area contributed by atoms with Crippen LogP contribution in [-0.2, 0) is 11.3 Å². The summed E-state index contributed by atoms with van der Waals surface area (Å²) in [7, 11) is 0. The van der Waals surface area contributed by atoms with Crippen molar-refractivity contribution >= 4 is 29.3 Å². The van der Waals surface area contributed by atoms with E-state index in [2.05, 4.69) is 10.3 Å². The van der Waals surface area contributed by atoms with Crippen LogP contribution in [0.4, 0.5) is 4.39 Å². The van der Waals surface area contributed by atoms with Crippen LogP contribution in [0.5, 0.6) is 0 Å². The van der Waals surface area contributed by atoms with Gasteiger partial charge in [0.1, 0.15) is 5.82 Å². The third-order valence-electron chi connectivity index (χ3n) is 3.67. The van der Waals surface area contributed by atoms with Gasteiger partial charge in [0.25, 0.3) is 5.56 Å². The van der Waals surface area contributed by atoms with Gasteiger partial charge in [-0.3, -0.25) is 14.2 Å². The molecule has 1 aromatic heterocycles. The number of thioether (sulfide) groups is 1. The summed E-state index contributed by atoms with van der Waals surface area (Å²) in [6, 6.07) is 12.9. The fourth-order valence-electron chi connectivity index (χ4n) is 2.34. The van der Waals surface area contributed by atoms with Crippen molar-refractivity contribution in [2.75, 3.05) is 5.75 Å². The van der Waals surface area contributed by atoms with E-state index in [4.69, 9.17) is 11.6 Å². The van der Waals surface area contributed by atoms with Gasteiger partial charge < -0.3 is 5.32 Å². The number of hydrogen-bond acceptors (Lipinski definition) is 4. The van der Waals surface area contributed by atoms with Crippen LogP contribution in [0.3, 0.4) is 0 Å². The Bertz CT molecular complexity index is 1030. The number of rotatable bonds is 6. The summed E-state index contributed by atoms with van der Waals surface area (Å²) in [5.41, 5.74) is 0.795. The largest absolute Gasteiger partial charge is 0.351 e. The van der Waals surface area contributed by atoms with Gasteiger partial charge in [-0.15, -0.1) is 0 Å². The molecule has 138 valence electrons. The van der Waals surface area contributed by atoms with Crippen LogP contribution in [0.1, 0.15) is 5.56 Å². The van der Waals surface area contributed by atoms with Gasteiger partial charge in [-0.25, -0.2) is 9.37 Å². The molecule has 0 atom stereocenters. The number of aromatic nitrogens is 2. The van der Waals surface area contributed by atoms with E-state index in [1.54, 1.807) is 12.1 Å². The first-order valence-electron chi connectivity index (χ1n) is 8.01. The Kier molecular flexibility index (Phi) is 6.26. The van der Waals surface area contributed by atoms with Crippen molar-refractivity contribution in [3.8, 4) is 5.69 Å². The third-order valence-corrected chi connectivity index (χ3v) is 5.00. The molecule has 0 aliphatic carbocycles. The van der Waals surface area contributed by atoms with Crippen LogP contribution in [0, 0.1) is 5.82 Å². The topological polar surface area (TPSA) is 64.0 Å². The Balaban J connectivity index is 1.64. The lowest BCUT2D eigenvalue weighted by atomic mass is 10.2. The molecular formula is C19H15ClFN3O2S. The number of carbonyl (C=O) groups excluding carboxylic acids is 1. The van der Waals surface area contributed by atoms with Gasteiger partial charge in [0.2, 0.25) is 5.91 Å². The van der Waals surface area contributed by atoms with E-state index in [-0.39, 0.29) is 16.7 Å². The summed E-state index contributed by atoms with van der Waals surface area (Å²) >= 11 is 7.08. The number of carbonyl (C=O) groups is 1. The molecule has 0 unspecified atom stereocenters. The molecule has 0 radical (unpaired) electrons. The zero-order valence-corrected chi connectivity index (χ0v) is 15.6. The molecule has 27 heavy (non-hydrogen) atoms. The van der Waals surface area contributed by atoms with E-state index in [9.17, 15) is 14.0 Å². The minimum Gasteiger partial charge on any atom is -0.351 e. The second kappa shape index (κ2) is 8.83. The number of nitrogens with zero attached hydrogens (tertiary/aromatic N) is 2. The van der Waals surface area contributed by atoms with E-state index in [1.807, 2.05) is 18.2 Å². The summed E-state index contributed by atoms with van der Waals surface area (Å²) in [5.74, 6) is -0.661. The molecule has 0 spiro atoms. The van der Waals surface area contributed by atoms with E-state index in [0.29, 0.717) is 17.3 Å². The first kappa shape index (κ1) is 19.1. The normalized spacial score (nSPS) is 10.6. The Morgan fingerprint density at radius 1 is 1.22 bits per heavy atom. The molecule has 0 aliphatic rings. The fourth-order valence-corrected chi connectivity index (χ4v) is 3.27. The fraction of sp³-hybridized carbons (Fsp3) is 0.105. The maximum atomic E-state index is 13.4. The molecular weight excluding hydrogens is 389 g/mol. The van der Waals surface area contributed by atoms with Crippen molar-refractivity contribution in [3.63, 3.8) is 0 Å². The monoisotopic (exact) mass is 403 g/mol. The van der Waals surface area contributed by atoms with Gasteiger partial charge in [-0.2, -0.15) is 0 Å². The summed E-state index contributed by atoms with van der Waals surface area (Å²) in [4.78, 5) is 28.6. The molecule has 2 aromatic carbocycles. The standard InChI is InChI=1S/C19H15ClFN3O2S/c20-16-7-2-1-4-13(16)11-23-17(25)12-27-18-19(26)24(9-8-22-18)15-6-3-5-14(21)10-15/h1-10H,11-12H2,(H,23,25). The van der Waals surface area contributed by atoms with Crippen molar-refractivity contribution in [1.29, 1.82) is 0 Å². The number of hydrogen-bond donors (Lipinski definition) is 1. The van der Waals surface area contributed by atoms with E-state index in [1.165, 1.54) is 35.2 Å². The average molecular weight is 404 g/mol. The van der Waals surface area contributed by atoms with Gasteiger partial charge in [0.05, 0.1) is 11.4 Å². The lowest BCUT2D eigenvalue weighted by Gasteiger charge is -2.08. The maximum Gasteiger partial charge on any atom is 0.287 e. The third kappa shape index (κ3) is 4.96. The lowest BCUT2D eigenvalue weighted by molar-refractivity contribution is -0.118. The van der Waals surface area contributed by atoms with Crippen LogP contribution in [0.15, 0.2) is 70.7 Å². The minimum atomic E-state index is -0.440. The molecule has 0 bridgehead atoms. The smallest absolute Gasteiger partial charge is 0.287 e. The second-order valence-corrected chi connectivity index (χ2v) is 6.92. The first-order chi connectivity index (χ1) is 13.0. The number of halogens is 2. The van der Waals surface area contributed by atoms with Crippen LogP contribution in [0.2, 0.25) is 5.02 Å². The van der Waals surface area contributed by atoms with Crippen molar-refractivity contribution in [2.45, 2.75) is 11.6 Å². The summed E-state index contributed by atoms with van der Waals surface area (Å²) < 4.78 is 14.7. The molecule has 8 heteroatoms. The Morgan fingerprint density at radius 2 is 2.04 bits per heavy atom. The highest BCUT2D eigenvalue weighted by molar-refractivity contribution is 7.99. The Morgan fingerprint density at radius 3 is 2.81 bits per heavy atom. The molecule has 1 heterocycles. The van der Waals surface area contributed by atoms with Crippen LogP contribution in [-0.4, -0.2) is 21.2 Å². The highest BCUT2D eigenvalue weighted by Gasteiger charge is 2.11. The summed E-state index contributed by atoms with van der Waals surface area (Å²) in [6.07, 6.45) is 2.90. The minimum absolute atomic E-state index is 0.0276. The first-order valence-corrected chi connectivity index (χ1v) is 9.37. The van der Waals surface area contributed by atoms with Gasteiger partial charge in [-0.1, -0.05) is 47.6 Å². The SMILES string of the molecule is O=C(CSc1nccn(-c2cccc(F)c2)c1=O)NCc1ccccc1Cl. The number of benzene rings is 2. The summed E-state index contributed by atoms with van der Waals surface area (Å²) in [5, 5.41) is 3.49. The predicted molar refractivity (Wildman–Crippen MR) is 104 cm³/mol. The van der Waals surface area contributed by atoms with Crippen LogP contribution in [0.25, 0.3) is 5.69 Å². The molecule has 3 aromatic rings. The Labute approximate surface area is 164 Å². The van der Waals surface area contributed by atoms with E-state index in [0.717, 1.165) is 17.3 Å². The summed E-state index contributed by atoms with van der Waals surface area (Å²) in [6.45, 7) is 0.300. The van der Waals surface area contributed by atoms with Crippen molar-refractivity contribution < 1.29 is 9.18 Å². The van der Waals surface area contributed by atoms with E-state index < -0.39 is 11.4 Å². The molecule has 0 saturated carbocycles. The van der Waals surface area contributed by atoms with E-state index >= 15 is 0 Å². The highest BCUT2D eigenvalue weighted by atomic mass is 35.5. The lowest BCUT2D eigenvalue weighted by Crippen LogP contribution is -2.26. The molecule has 1 amide bonds. The highest BCUT2D eigenvalue weighted by Crippen LogP contribution is 2.15. The molecule has 0 aliphatic heterocycles. The number of nitrogens with one attached hydrogen (secondary N) is 1. The molecule has 0 fully saturated rings. The Hall–Kier alpha value is -2.64. The quantitative estimate of drug-likeness (QED) is 0.640. The van der Waals surface area contributed by atoms with Crippen LogP contribution < -0.4 is 10.9 Å². The zero-order valence-electron chi connectivity index (χ0n) is 14.1. The molecule has 1 N–H and O–H groups in total. The molecule has 0 saturated heterocycles. The number of amides is 1. The van der Waals surface area contributed by atoms with Gasteiger partial charge >= 0.3 is 0 Å². The molecule has 5 nitrogen and oxygen atoms in total. The van der Waals surface area contributed by atoms with Crippen LogP contribution >= 0.6 is 23.4 Å². The zero-order chi connectivity index (χ0) is 19.2. The molecule has 3 rings (SSSR count). The van der Waals surface area contributed by atoms with Gasteiger partial charge in [0, 0.05) is 24.0 Å². The maximum absolute atomic E-state index is 13.4. The van der Waals surface area contributed by atoms with Gasteiger partial charge in [-0.05, 0) is 29.8 Å². The van der Waals surface area contributed by atoms with Crippen molar-refractivity contribution in [1.82, 2.24) is 14.9 Å².